The smallest absolute Gasteiger partial charge is 0.129 e. The summed E-state index contributed by atoms with van der Waals surface area (Å²) < 4.78 is 0. The molecule has 88 valence electrons. The molecule has 17 heavy (non-hydrogen) atoms. The van der Waals surface area contributed by atoms with Crippen molar-refractivity contribution in [2.24, 2.45) is 0 Å². The third-order valence-corrected chi connectivity index (χ3v) is 2.91. The maximum absolute atomic E-state index is 10.3. The van der Waals surface area contributed by atoms with Crippen molar-refractivity contribution in [1.82, 2.24) is 4.98 Å². The fourth-order valence-electron chi connectivity index (χ4n) is 1.79. The Morgan fingerprint density at radius 1 is 1.35 bits per heavy atom. The zero-order valence-electron chi connectivity index (χ0n) is 9.39. The minimum Gasteiger partial charge on any atom is -0.384 e. The lowest BCUT2D eigenvalue weighted by Crippen LogP contribution is -2.07. The van der Waals surface area contributed by atoms with E-state index in [0.717, 1.165) is 5.56 Å². The van der Waals surface area contributed by atoms with E-state index in [0.29, 0.717) is 22.0 Å². The predicted molar refractivity (Wildman–Crippen MR) is 68.9 cm³/mol. The first-order valence-corrected chi connectivity index (χ1v) is 5.62. The van der Waals surface area contributed by atoms with Gasteiger partial charge in [-0.2, -0.15) is 0 Å². The Bertz CT molecular complexity index is 522. The van der Waals surface area contributed by atoms with Gasteiger partial charge in [-0.25, -0.2) is 4.98 Å². The van der Waals surface area contributed by atoms with Crippen LogP contribution in [0.4, 0.5) is 5.82 Å². The fraction of sp³-hybridized carbons (Fsp3) is 0.154. The second kappa shape index (κ2) is 4.73. The summed E-state index contributed by atoms with van der Waals surface area (Å²) in [6.45, 7) is 1.89. The standard InChI is InChI=1S/C13H13ClN2O/c1-8-5-6-16-13(15)11(8)12(17)9-3-2-4-10(14)7-9/h2-7,12,17H,1H3,(H2,15,16). The molecule has 0 spiro atoms. The van der Waals surface area contributed by atoms with Gasteiger partial charge in [0.2, 0.25) is 0 Å². The maximum atomic E-state index is 10.3. The van der Waals surface area contributed by atoms with Gasteiger partial charge in [0.15, 0.2) is 0 Å². The molecule has 0 saturated carbocycles. The third-order valence-electron chi connectivity index (χ3n) is 2.68. The summed E-state index contributed by atoms with van der Waals surface area (Å²) in [6.07, 6.45) is 0.821. The van der Waals surface area contributed by atoms with Gasteiger partial charge in [0, 0.05) is 16.8 Å². The van der Waals surface area contributed by atoms with Gasteiger partial charge in [-0.05, 0) is 36.2 Å². The summed E-state index contributed by atoms with van der Waals surface area (Å²) in [5.41, 5.74) is 8.04. The average Bonchev–Trinajstić information content (AvgIpc) is 2.28. The molecule has 1 aromatic carbocycles. The zero-order valence-corrected chi connectivity index (χ0v) is 10.1. The topological polar surface area (TPSA) is 59.1 Å². The molecule has 1 unspecified atom stereocenters. The molecule has 1 aromatic heterocycles. The van der Waals surface area contributed by atoms with E-state index in [1.807, 2.05) is 19.1 Å². The van der Waals surface area contributed by atoms with E-state index in [-0.39, 0.29) is 0 Å². The first kappa shape index (κ1) is 11.9. The van der Waals surface area contributed by atoms with Crippen LogP contribution in [-0.4, -0.2) is 10.1 Å². The van der Waals surface area contributed by atoms with E-state index in [1.54, 1.807) is 24.4 Å². The van der Waals surface area contributed by atoms with Gasteiger partial charge < -0.3 is 10.8 Å². The largest absolute Gasteiger partial charge is 0.384 e. The van der Waals surface area contributed by atoms with Crippen molar-refractivity contribution in [3.63, 3.8) is 0 Å². The number of benzene rings is 1. The Hall–Kier alpha value is -1.58. The van der Waals surface area contributed by atoms with E-state index in [2.05, 4.69) is 4.98 Å². The van der Waals surface area contributed by atoms with Gasteiger partial charge in [-0.1, -0.05) is 23.7 Å². The number of aromatic nitrogens is 1. The monoisotopic (exact) mass is 248 g/mol. The number of nitrogen functional groups attached to an aromatic ring is 1. The molecule has 1 heterocycles. The minimum absolute atomic E-state index is 0.345. The van der Waals surface area contributed by atoms with E-state index in [9.17, 15) is 5.11 Å². The molecule has 0 fully saturated rings. The van der Waals surface area contributed by atoms with Crippen molar-refractivity contribution >= 4 is 17.4 Å². The Balaban J connectivity index is 2.47. The van der Waals surface area contributed by atoms with Crippen LogP contribution in [0.15, 0.2) is 36.5 Å². The maximum Gasteiger partial charge on any atom is 0.129 e. The van der Waals surface area contributed by atoms with Crippen molar-refractivity contribution < 1.29 is 5.11 Å². The molecule has 0 bridgehead atoms. The number of halogens is 1. The van der Waals surface area contributed by atoms with Crippen LogP contribution in [0, 0.1) is 6.92 Å². The molecule has 4 heteroatoms. The molecule has 3 nitrogen and oxygen atoms in total. The van der Waals surface area contributed by atoms with E-state index in [1.165, 1.54) is 0 Å². The lowest BCUT2D eigenvalue weighted by atomic mass is 9.98. The SMILES string of the molecule is Cc1ccnc(N)c1C(O)c1cccc(Cl)c1. The van der Waals surface area contributed by atoms with Crippen LogP contribution >= 0.6 is 11.6 Å². The zero-order chi connectivity index (χ0) is 12.4. The summed E-state index contributed by atoms with van der Waals surface area (Å²) in [7, 11) is 0. The second-order valence-corrected chi connectivity index (χ2v) is 4.32. The number of nitrogens with zero attached hydrogens (tertiary/aromatic N) is 1. The molecule has 2 aromatic rings. The highest BCUT2D eigenvalue weighted by atomic mass is 35.5. The molecule has 0 aliphatic carbocycles. The van der Waals surface area contributed by atoms with E-state index in [4.69, 9.17) is 17.3 Å². The van der Waals surface area contributed by atoms with Crippen molar-refractivity contribution in [3.05, 3.63) is 58.2 Å². The fourth-order valence-corrected chi connectivity index (χ4v) is 1.99. The molecule has 0 saturated heterocycles. The minimum atomic E-state index is -0.803. The molecule has 0 aliphatic rings. The number of aliphatic hydroxyl groups is 1. The number of rotatable bonds is 2. The normalized spacial score (nSPS) is 12.4. The predicted octanol–water partition coefficient (Wildman–Crippen LogP) is 2.71. The van der Waals surface area contributed by atoms with Crippen molar-refractivity contribution in [2.45, 2.75) is 13.0 Å². The van der Waals surface area contributed by atoms with Gasteiger partial charge in [0.25, 0.3) is 0 Å². The van der Waals surface area contributed by atoms with Gasteiger partial charge >= 0.3 is 0 Å². The van der Waals surface area contributed by atoms with E-state index >= 15 is 0 Å². The molecule has 2 rings (SSSR count). The lowest BCUT2D eigenvalue weighted by molar-refractivity contribution is 0.220. The van der Waals surface area contributed by atoms with Gasteiger partial charge in [0.1, 0.15) is 11.9 Å². The van der Waals surface area contributed by atoms with Crippen LogP contribution in [0.1, 0.15) is 22.8 Å². The first-order valence-electron chi connectivity index (χ1n) is 5.24. The average molecular weight is 249 g/mol. The van der Waals surface area contributed by atoms with Gasteiger partial charge in [-0.3, -0.25) is 0 Å². The van der Waals surface area contributed by atoms with Crippen LogP contribution in [0.3, 0.4) is 0 Å². The number of hydrogen-bond acceptors (Lipinski definition) is 3. The molecule has 0 radical (unpaired) electrons. The molecule has 0 aliphatic heterocycles. The number of aliphatic hydroxyl groups excluding tert-OH is 1. The Labute approximate surface area is 105 Å². The molecular formula is C13H13ClN2O. The third kappa shape index (κ3) is 2.40. The van der Waals surface area contributed by atoms with Gasteiger partial charge in [0.05, 0.1) is 0 Å². The van der Waals surface area contributed by atoms with Crippen molar-refractivity contribution in [3.8, 4) is 0 Å². The number of anilines is 1. The van der Waals surface area contributed by atoms with Crippen molar-refractivity contribution in [1.29, 1.82) is 0 Å². The Morgan fingerprint density at radius 3 is 2.76 bits per heavy atom. The highest BCUT2D eigenvalue weighted by molar-refractivity contribution is 6.30. The second-order valence-electron chi connectivity index (χ2n) is 3.88. The summed E-state index contributed by atoms with van der Waals surface area (Å²) >= 11 is 5.90. The number of hydrogen-bond donors (Lipinski definition) is 2. The van der Waals surface area contributed by atoms with Crippen LogP contribution in [-0.2, 0) is 0 Å². The molecule has 3 N–H and O–H groups in total. The molecule has 0 amide bonds. The molecule has 1 atom stereocenters. The van der Waals surface area contributed by atoms with Crippen LogP contribution in [0.25, 0.3) is 0 Å². The summed E-state index contributed by atoms with van der Waals surface area (Å²) in [6, 6.07) is 8.90. The van der Waals surface area contributed by atoms with Crippen molar-refractivity contribution in [2.75, 3.05) is 5.73 Å². The van der Waals surface area contributed by atoms with Crippen LogP contribution < -0.4 is 5.73 Å². The molecular weight excluding hydrogens is 236 g/mol. The summed E-state index contributed by atoms with van der Waals surface area (Å²) in [4.78, 5) is 3.99. The number of pyridine rings is 1. The Kier molecular flexibility index (Phi) is 3.31. The van der Waals surface area contributed by atoms with Crippen LogP contribution in [0.2, 0.25) is 5.02 Å². The first-order chi connectivity index (χ1) is 8.09. The van der Waals surface area contributed by atoms with Gasteiger partial charge in [-0.15, -0.1) is 0 Å². The number of aryl methyl sites for hydroxylation is 1. The summed E-state index contributed by atoms with van der Waals surface area (Å²) in [5, 5.41) is 10.9. The van der Waals surface area contributed by atoms with E-state index < -0.39 is 6.10 Å². The summed E-state index contributed by atoms with van der Waals surface area (Å²) in [5.74, 6) is 0.345. The highest BCUT2D eigenvalue weighted by Gasteiger charge is 2.16. The lowest BCUT2D eigenvalue weighted by Gasteiger charge is -2.15. The quantitative estimate of drug-likeness (QED) is 0.859. The highest BCUT2D eigenvalue weighted by Crippen LogP contribution is 2.29. The number of nitrogens with two attached hydrogens (primary N) is 1. The Morgan fingerprint density at radius 2 is 2.12 bits per heavy atom. The van der Waals surface area contributed by atoms with Crippen LogP contribution in [0.5, 0.6) is 0 Å².